The fraction of sp³-hybridized carbons (Fsp3) is 0.639. The van der Waals surface area contributed by atoms with Crippen molar-refractivity contribution < 1.29 is 34.3 Å². The highest BCUT2D eigenvalue weighted by molar-refractivity contribution is 6.17. The molecule has 2 aliphatic rings. The number of fused-ring (bicyclic) bond motifs is 1. The van der Waals surface area contributed by atoms with Crippen LogP contribution in [0.3, 0.4) is 0 Å². The second-order valence-electron chi connectivity index (χ2n) is 14.3. The van der Waals surface area contributed by atoms with E-state index in [1.54, 1.807) is 18.2 Å². The van der Waals surface area contributed by atoms with Crippen molar-refractivity contribution in [2.24, 2.45) is 22.2 Å². The number of aliphatic hydroxyl groups is 3. The second-order valence-corrected chi connectivity index (χ2v) is 14.3. The zero-order valence-corrected chi connectivity index (χ0v) is 27.4. The van der Waals surface area contributed by atoms with Gasteiger partial charge in [-0.05, 0) is 65.4 Å². The maximum atomic E-state index is 12.9. The van der Waals surface area contributed by atoms with Crippen molar-refractivity contribution in [3.8, 4) is 5.75 Å². The molecule has 3 N–H and O–H groups in total. The van der Waals surface area contributed by atoms with E-state index in [1.165, 1.54) is 0 Å². The molecule has 43 heavy (non-hydrogen) atoms. The number of aliphatic hydroxyl groups excluding tert-OH is 3. The molecule has 0 spiro atoms. The van der Waals surface area contributed by atoms with E-state index in [1.807, 2.05) is 37.3 Å². The molecular weight excluding hydrogens is 544 g/mol. The molecule has 1 heterocycles. The smallest absolute Gasteiger partial charge is 0.339 e. The van der Waals surface area contributed by atoms with Gasteiger partial charge in [0.05, 0.1) is 30.5 Å². The van der Waals surface area contributed by atoms with Crippen molar-refractivity contribution in [3.63, 3.8) is 0 Å². The number of esters is 1. The van der Waals surface area contributed by atoms with Gasteiger partial charge in [-0.1, -0.05) is 86.1 Å². The first kappa shape index (κ1) is 34.9. The van der Waals surface area contributed by atoms with Crippen LogP contribution in [0.2, 0.25) is 0 Å². The van der Waals surface area contributed by atoms with Gasteiger partial charge in [0.2, 0.25) is 0 Å². The highest BCUT2D eigenvalue weighted by Gasteiger charge is 2.45. The van der Waals surface area contributed by atoms with Gasteiger partial charge >= 0.3 is 5.97 Å². The Bertz CT molecular complexity index is 1140. The minimum Gasteiger partial charge on any atom is -0.493 e. The molecule has 1 aromatic carbocycles. The average molecular weight is 599 g/mol. The molecule has 0 amide bonds. The van der Waals surface area contributed by atoms with E-state index in [4.69, 9.17) is 14.2 Å². The summed E-state index contributed by atoms with van der Waals surface area (Å²) >= 11 is 0. The van der Waals surface area contributed by atoms with Crippen LogP contribution < -0.4 is 4.74 Å². The molecule has 3 rings (SSSR count). The number of benzene rings is 1. The lowest BCUT2D eigenvalue weighted by molar-refractivity contribution is -0.141. The molecule has 5 atom stereocenters. The summed E-state index contributed by atoms with van der Waals surface area (Å²) < 4.78 is 17.3. The molecule has 7 heteroatoms. The SMILES string of the molecule is CCC(O)C(O)CCOc1ccc(C2=CC3C=CC(OCC(O)CCCC(C)(C(C)(C)C)C(C)(C)C)=CC3OC2=O)cc1. The van der Waals surface area contributed by atoms with Gasteiger partial charge in [-0.2, -0.15) is 0 Å². The Morgan fingerprint density at radius 1 is 0.884 bits per heavy atom. The fourth-order valence-corrected chi connectivity index (χ4v) is 6.00. The quantitative estimate of drug-likeness (QED) is 0.207. The number of carbonyl (C=O) groups is 1. The van der Waals surface area contributed by atoms with Crippen LogP contribution in [-0.4, -0.2) is 58.9 Å². The second kappa shape index (κ2) is 14.4. The van der Waals surface area contributed by atoms with Gasteiger partial charge in [0.15, 0.2) is 0 Å². The predicted octanol–water partition coefficient (Wildman–Crippen LogP) is 6.61. The van der Waals surface area contributed by atoms with Crippen molar-refractivity contribution in [1.29, 1.82) is 0 Å². The van der Waals surface area contributed by atoms with Crippen LogP contribution in [0.15, 0.2) is 54.3 Å². The highest BCUT2D eigenvalue weighted by Crippen LogP contribution is 2.54. The van der Waals surface area contributed by atoms with Crippen molar-refractivity contribution >= 4 is 11.5 Å². The third-order valence-electron chi connectivity index (χ3n) is 9.69. The Balaban J connectivity index is 1.50. The van der Waals surface area contributed by atoms with Gasteiger partial charge in [0, 0.05) is 12.3 Å². The third kappa shape index (κ3) is 8.96. The molecule has 1 aromatic rings. The summed E-state index contributed by atoms with van der Waals surface area (Å²) in [5, 5.41) is 30.2. The summed E-state index contributed by atoms with van der Waals surface area (Å²) in [4.78, 5) is 12.9. The van der Waals surface area contributed by atoms with Crippen molar-refractivity contribution in [2.75, 3.05) is 13.2 Å². The molecule has 240 valence electrons. The Morgan fingerprint density at radius 3 is 2.14 bits per heavy atom. The maximum absolute atomic E-state index is 12.9. The molecule has 0 fully saturated rings. The lowest BCUT2D eigenvalue weighted by atomic mass is 9.53. The zero-order chi connectivity index (χ0) is 32.0. The van der Waals surface area contributed by atoms with Gasteiger partial charge in [-0.15, -0.1) is 0 Å². The van der Waals surface area contributed by atoms with Gasteiger partial charge in [-0.25, -0.2) is 4.79 Å². The monoisotopic (exact) mass is 598 g/mol. The largest absolute Gasteiger partial charge is 0.493 e. The number of carbonyl (C=O) groups excluding carboxylic acids is 1. The molecule has 0 saturated carbocycles. The highest BCUT2D eigenvalue weighted by atomic mass is 16.5. The van der Waals surface area contributed by atoms with E-state index < -0.39 is 30.4 Å². The molecule has 5 unspecified atom stereocenters. The predicted molar refractivity (Wildman–Crippen MR) is 170 cm³/mol. The van der Waals surface area contributed by atoms with Crippen LogP contribution in [0.5, 0.6) is 5.75 Å². The molecule has 0 saturated heterocycles. The van der Waals surface area contributed by atoms with Gasteiger partial charge in [-0.3, -0.25) is 0 Å². The van der Waals surface area contributed by atoms with Gasteiger partial charge in [0.1, 0.15) is 24.2 Å². The van der Waals surface area contributed by atoms with Crippen LogP contribution in [0.4, 0.5) is 0 Å². The third-order valence-corrected chi connectivity index (χ3v) is 9.69. The summed E-state index contributed by atoms with van der Waals surface area (Å²) in [6, 6.07) is 7.17. The van der Waals surface area contributed by atoms with Crippen molar-refractivity contribution in [1.82, 2.24) is 0 Å². The number of hydrogen-bond acceptors (Lipinski definition) is 7. The fourth-order valence-electron chi connectivity index (χ4n) is 6.00. The minimum atomic E-state index is -0.818. The van der Waals surface area contributed by atoms with Gasteiger partial charge in [0.25, 0.3) is 0 Å². The first-order chi connectivity index (χ1) is 20.1. The van der Waals surface area contributed by atoms with E-state index in [9.17, 15) is 20.1 Å². The molecule has 0 bridgehead atoms. The normalized spacial score (nSPS) is 21.2. The lowest BCUT2D eigenvalue weighted by Gasteiger charge is -2.52. The Labute approximate surface area is 258 Å². The standard InChI is InChI=1S/C36H54O7/c1-9-30(38)31(39)18-20-41-27-15-12-24(13-16-27)29-21-25-14-17-28(22-32(25)43-33(29)40)42-23-26(37)11-10-19-36(8,34(2,3)4)35(5,6)7/h12-17,21-22,25-26,30-32,37-39H,9-11,18-20,23H2,1-8H3. The van der Waals surface area contributed by atoms with Crippen LogP contribution in [0.1, 0.15) is 93.1 Å². The van der Waals surface area contributed by atoms with E-state index in [0.717, 1.165) is 18.4 Å². The minimum absolute atomic E-state index is 0.111. The van der Waals surface area contributed by atoms with Gasteiger partial charge < -0.3 is 29.5 Å². The van der Waals surface area contributed by atoms with E-state index in [2.05, 4.69) is 48.5 Å². The summed E-state index contributed by atoms with van der Waals surface area (Å²) in [6.07, 6.45) is 8.38. The number of allylic oxidation sites excluding steroid dienone is 1. The topological polar surface area (TPSA) is 105 Å². The molecule has 0 aromatic heterocycles. The van der Waals surface area contributed by atoms with Crippen LogP contribution in [-0.2, 0) is 14.3 Å². The first-order valence-electron chi connectivity index (χ1n) is 15.8. The Morgan fingerprint density at radius 2 is 1.53 bits per heavy atom. The molecular formula is C36H54O7. The van der Waals surface area contributed by atoms with Crippen molar-refractivity contribution in [2.45, 2.75) is 112 Å². The van der Waals surface area contributed by atoms with Crippen LogP contribution >= 0.6 is 0 Å². The Hall–Kier alpha value is -2.61. The van der Waals surface area contributed by atoms with Crippen LogP contribution in [0.25, 0.3) is 5.57 Å². The Kier molecular flexibility index (Phi) is 11.7. The lowest BCUT2D eigenvalue weighted by Crippen LogP contribution is -2.44. The molecule has 0 radical (unpaired) electrons. The molecule has 1 aliphatic carbocycles. The first-order valence-corrected chi connectivity index (χ1v) is 15.8. The van der Waals surface area contributed by atoms with E-state index >= 15 is 0 Å². The summed E-state index contributed by atoms with van der Waals surface area (Å²) in [5.41, 5.74) is 1.64. The average Bonchev–Trinajstić information content (AvgIpc) is 2.94. The number of ether oxygens (including phenoxy) is 3. The van der Waals surface area contributed by atoms with Crippen LogP contribution in [0, 0.1) is 22.2 Å². The molecule has 7 nitrogen and oxygen atoms in total. The van der Waals surface area contributed by atoms with Crippen molar-refractivity contribution in [3.05, 3.63) is 59.9 Å². The van der Waals surface area contributed by atoms with E-state index in [-0.39, 0.29) is 35.4 Å². The maximum Gasteiger partial charge on any atom is 0.339 e. The van der Waals surface area contributed by atoms with E-state index in [0.29, 0.717) is 36.3 Å². The summed E-state index contributed by atoms with van der Waals surface area (Å²) in [7, 11) is 0. The zero-order valence-electron chi connectivity index (χ0n) is 27.4. The number of rotatable bonds is 14. The number of hydrogen-bond donors (Lipinski definition) is 3. The summed E-state index contributed by atoms with van der Waals surface area (Å²) in [5.74, 6) is 0.696. The summed E-state index contributed by atoms with van der Waals surface area (Å²) in [6.45, 7) is 18.4. The molecule has 1 aliphatic heterocycles.